The summed E-state index contributed by atoms with van der Waals surface area (Å²) >= 11 is 0. The van der Waals surface area contributed by atoms with Crippen molar-refractivity contribution in [2.24, 2.45) is 17.3 Å². The molecule has 86 valence electrons. The van der Waals surface area contributed by atoms with Crippen LogP contribution in [-0.4, -0.2) is 11.7 Å². The normalized spacial score (nSPS) is 36.1. The average Bonchev–Trinajstić information content (AvgIpc) is 2.91. The second kappa shape index (κ2) is 3.59. The Morgan fingerprint density at radius 2 is 1.81 bits per heavy atom. The third-order valence-electron chi connectivity index (χ3n) is 4.49. The van der Waals surface area contributed by atoms with Gasteiger partial charge in [-0.15, -0.1) is 0 Å². The molecule has 0 saturated heterocycles. The molecule has 2 atom stereocenters. The van der Waals surface area contributed by atoms with Gasteiger partial charge in [0.05, 0.1) is 0 Å². The predicted molar refractivity (Wildman–Crippen MR) is 65.2 cm³/mol. The molecule has 1 nitrogen and oxygen atoms in total. The van der Waals surface area contributed by atoms with Gasteiger partial charge in [0.1, 0.15) is 0 Å². The van der Waals surface area contributed by atoms with Gasteiger partial charge in [0.15, 0.2) is 0 Å². The summed E-state index contributed by atoms with van der Waals surface area (Å²) in [6.07, 6.45) is 5.00. The molecule has 2 unspecified atom stereocenters. The minimum Gasteiger partial charge on any atom is -0.396 e. The van der Waals surface area contributed by atoms with Gasteiger partial charge in [-0.1, -0.05) is 29.8 Å². The smallest absolute Gasteiger partial charge is 0.0490 e. The number of aliphatic hydroxyl groups is 1. The van der Waals surface area contributed by atoms with Crippen LogP contribution < -0.4 is 0 Å². The van der Waals surface area contributed by atoms with Crippen LogP contribution in [0.1, 0.15) is 30.4 Å². The Morgan fingerprint density at radius 1 is 1.19 bits per heavy atom. The predicted octanol–water partition coefficient (Wildman–Crippen LogP) is 2.95. The molecule has 0 aliphatic heterocycles. The van der Waals surface area contributed by atoms with Crippen molar-refractivity contribution < 1.29 is 5.11 Å². The van der Waals surface area contributed by atoms with E-state index in [1.54, 1.807) is 0 Å². The third kappa shape index (κ3) is 1.78. The quantitative estimate of drug-likeness (QED) is 0.823. The van der Waals surface area contributed by atoms with Gasteiger partial charge >= 0.3 is 0 Å². The van der Waals surface area contributed by atoms with Gasteiger partial charge in [-0.3, -0.25) is 0 Å². The molecular weight excluding hydrogens is 196 g/mol. The molecule has 1 aromatic rings. The van der Waals surface area contributed by atoms with Crippen LogP contribution in [0, 0.1) is 24.2 Å². The molecule has 0 spiro atoms. The van der Waals surface area contributed by atoms with Crippen LogP contribution in [0.4, 0.5) is 0 Å². The molecule has 2 aliphatic carbocycles. The molecule has 0 bridgehead atoms. The lowest BCUT2D eigenvalue weighted by Gasteiger charge is -2.28. The van der Waals surface area contributed by atoms with Crippen LogP contribution in [0.3, 0.4) is 0 Å². The van der Waals surface area contributed by atoms with Crippen molar-refractivity contribution in [3.8, 4) is 0 Å². The van der Waals surface area contributed by atoms with Crippen molar-refractivity contribution in [1.82, 2.24) is 0 Å². The van der Waals surface area contributed by atoms with E-state index in [1.807, 2.05) is 0 Å². The maximum Gasteiger partial charge on any atom is 0.0490 e. The Bertz CT molecular complexity index is 369. The molecule has 0 aromatic heterocycles. The molecule has 2 aliphatic rings. The molecule has 3 rings (SSSR count). The zero-order valence-electron chi connectivity index (χ0n) is 9.95. The van der Waals surface area contributed by atoms with Crippen LogP contribution >= 0.6 is 0 Å². The van der Waals surface area contributed by atoms with E-state index in [9.17, 15) is 5.11 Å². The number of rotatable bonds is 3. The Morgan fingerprint density at radius 3 is 2.38 bits per heavy atom. The standard InChI is InChI=1S/C15H20O/c1-11-2-4-12(5-3-11)7-15(10-16)8-13-6-14(13)9-15/h2-5,13-14,16H,6-10H2,1H3. The maximum atomic E-state index is 9.67. The SMILES string of the molecule is Cc1ccc(CC2(CO)CC3CC3C2)cc1. The van der Waals surface area contributed by atoms with E-state index >= 15 is 0 Å². The molecule has 0 radical (unpaired) electrons. The summed E-state index contributed by atoms with van der Waals surface area (Å²) in [4.78, 5) is 0. The molecule has 16 heavy (non-hydrogen) atoms. The van der Waals surface area contributed by atoms with E-state index in [1.165, 1.54) is 30.4 Å². The number of benzene rings is 1. The first kappa shape index (κ1) is 10.3. The van der Waals surface area contributed by atoms with Gasteiger partial charge < -0.3 is 5.11 Å². The Labute approximate surface area is 97.5 Å². The Balaban J connectivity index is 1.75. The third-order valence-corrected chi connectivity index (χ3v) is 4.49. The van der Waals surface area contributed by atoms with Crippen LogP contribution in [0.2, 0.25) is 0 Å². The monoisotopic (exact) mass is 216 g/mol. The summed E-state index contributed by atoms with van der Waals surface area (Å²) in [5, 5.41) is 9.67. The fraction of sp³-hybridized carbons (Fsp3) is 0.600. The molecule has 1 heteroatoms. The van der Waals surface area contributed by atoms with Crippen molar-refractivity contribution in [3.05, 3.63) is 35.4 Å². The van der Waals surface area contributed by atoms with Gasteiger partial charge in [0.2, 0.25) is 0 Å². The number of aryl methyl sites for hydroxylation is 1. The summed E-state index contributed by atoms with van der Waals surface area (Å²) in [6, 6.07) is 8.79. The lowest BCUT2D eigenvalue weighted by molar-refractivity contribution is 0.117. The fourth-order valence-electron chi connectivity index (χ4n) is 3.47. The highest BCUT2D eigenvalue weighted by atomic mass is 16.3. The highest BCUT2D eigenvalue weighted by Gasteiger charge is 2.53. The van der Waals surface area contributed by atoms with Gasteiger partial charge in [-0.25, -0.2) is 0 Å². The van der Waals surface area contributed by atoms with Gasteiger partial charge in [0.25, 0.3) is 0 Å². The highest BCUT2D eigenvalue weighted by Crippen LogP contribution is 2.60. The van der Waals surface area contributed by atoms with Crippen LogP contribution in [0.25, 0.3) is 0 Å². The molecule has 0 heterocycles. The van der Waals surface area contributed by atoms with E-state index in [-0.39, 0.29) is 5.41 Å². The van der Waals surface area contributed by atoms with Crippen LogP contribution in [0.15, 0.2) is 24.3 Å². The number of hydrogen-bond donors (Lipinski definition) is 1. The molecule has 1 N–H and O–H groups in total. The average molecular weight is 216 g/mol. The lowest BCUT2D eigenvalue weighted by Crippen LogP contribution is -2.26. The highest BCUT2D eigenvalue weighted by molar-refractivity contribution is 5.23. The van der Waals surface area contributed by atoms with Crippen LogP contribution in [-0.2, 0) is 6.42 Å². The van der Waals surface area contributed by atoms with Crippen molar-refractivity contribution in [1.29, 1.82) is 0 Å². The zero-order valence-corrected chi connectivity index (χ0v) is 9.95. The van der Waals surface area contributed by atoms with E-state index in [0.717, 1.165) is 18.3 Å². The Hall–Kier alpha value is -0.820. The second-order valence-corrected chi connectivity index (χ2v) is 5.98. The van der Waals surface area contributed by atoms with Gasteiger partial charge in [-0.2, -0.15) is 0 Å². The zero-order chi connectivity index (χ0) is 11.2. The van der Waals surface area contributed by atoms with E-state index in [4.69, 9.17) is 0 Å². The largest absolute Gasteiger partial charge is 0.396 e. The minimum absolute atomic E-state index is 0.211. The van der Waals surface area contributed by atoms with E-state index < -0.39 is 0 Å². The van der Waals surface area contributed by atoms with Gasteiger partial charge in [0, 0.05) is 6.61 Å². The second-order valence-electron chi connectivity index (χ2n) is 5.98. The molecule has 2 saturated carbocycles. The topological polar surface area (TPSA) is 20.2 Å². The summed E-state index contributed by atoms with van der Waals surface area (Å²) < 4.78 is 0. The van der Waals surface area contributed by atoms with E-state index in [0.29, 0.717) is 6.61 Å². The first-order valence-electron chi connectivity index (χ1n) is 6.37. The first-order chi connectivity index (χ1) is 7.71. The Kier molecular flexibility index (Phi) is 2.32. The summed E-state index contributed by atoms with van der Waals surface area (Å²) in [5.41, 5.74) is 2.92. The number of aliphatic hydroxyl groups excluding tert-OH is 1. The van der Waals surface area contributed by atoms with E-state index in [2.05, 4.69) is 31.2 Å². The van der Waals surface area contributed by atoms with Gasteiger partial charge in [-0.05, 0) is 55.4 Å². The lowest BCUT2D eigenvalue weighted by atomic mass is 9.78. The maximum absolute atomic E-state index is 9.67. The molecule has 2 fully saturated rings. The molecule has 1 aromatic carbocycles. The summed E-state index contributed by atoms with van der Waals surface area (Å²) in [5.74, 6) is 1.88. The fourth-order valence-corrected chi connectivity index (χ4v) is 3.47. The summed E-state index contributed by atoms with van der Waals surface area (Å²) in [7, 11) is 0. The minimum atomic E-state index is 0.211. The summed E-state index contributed by atoms with van der Waals surface area (Å²) in [6.45, 7) is 2.49. The number of hydrogen-bond acceptors (Lipinski definition) is 1. The van der Waals surface area contributed by atoms with Crippen molar-refractivity contribution in [3.63, 3.8) is 0 Å². The molecule has 0 amide bonds. The number of fused-ring (bicyclic) bond motifs is 1. The van der Waals surface area contributed by atoms with Crippen molar-refractivity contribution in [2.75, 3.05) is 6.61 Å². The first-order valence-corrected chi connectivity index (χ1v) is 6.37. The van der Waals surface area contributed by atoms with Crippen molar-refractivity contribution >= 4 is 0 Å². The van der Waals surface area contributed by atoms with Crippen LogP contribution in [0.5, 0.6) is 0 Å². The van der Waals surface area contributed by atoms with Crippen molar-refractivity contribution in [2.45, 2.75) is 32.6 Å². The molecular formula is C15H20O.